The van der Waals surface area contributed by atoms with E-state index in [2.05, 4.69) is 4.98 Å². The Balaban J connectivity index is 1.58. The lowest BCUT2D eigenvalue weighted by Gasteiger charge is -2.34. The van der Waals surface area contributed by atoms with Crippen LogP contribution in [0.25, 0.3) is 5.65 Å². The zero-order valence-corrected chi connectivity index (χ0v) is 14.2. The van der Waals surface area contributed by atoms with Gasteiger partial charge in [-0.05, 0) is 19.1 Å². The van der Waals surface area contributed by atoms with Crippen molar-refractivity contribution in [3.05, 3.63) is 35.2 Å². The number of amides is 2. The summed E-state index contributed by atoms with van der Waals surface area (Å²) in [6, 6.07) is 3.58. The fraction of sp³-hybridized carbons (Fsp3) is 0.438. The number of imidazole rings is 1. The molecule has 3 rings (SSSR count). The second-order valence-electron chi connectivity index (χ2n) is 5.59. The van der Waals surface area contributed by atoms with Gasteiger partial charge in [0.15, 0.2) is 0 Å². The average Bonchev–Trinajstić information content (AvgIpc) is 2.96. The first-order valence-electron chi connectivity index (χ1n) is 7.89. The number of nitrogens with zero attached hydrogens (tertiary/aromatic N) is 4. The highest BCUT2D eigenvalue weighted by Crippen LogP contribution is 2.13. The highest BCUT2D eigenvalue weighted by Gasteiger charge is 2.25. The van der Waals surface area contributed by atoms with Gasteiger partial charge in [-0.15, -0.1) is 0 Å². The van der Waals surface area contributed by atoms with Crippen LogP contribution in [-0.4, -0.2) is 64.0 Å². The molecule has 24 heavy (non-hydrogen) atoms. The van der Waals surface area contributed by atoms with E-state index in [0.717, 1.165) is 5.65 Å². The Kier molecular flexibility index (Phi) is 4.89. The van der Waals surface area contributed by atoms with Crippen molar-refractivity contribution in [2.45, 2.75) is 13.3 Å². The molecule has 0 saturated carbocycles. The molecule has 128 valence electrons. The maximum Gasteiger partial charge on any atom is 0.409 e. The quantitative estimate of drug-likeness (QED) is 0.847. The van der Waals surface area contributed by atoms with E-state index in [-0.39, 0.29) is 18.4 Å². The van der Waals surface area contributed by atoms with Crippen LogP contribution in [0.3, 0.4) is 0 Å². The number of ether oxygens (including phenoxy) is 1. The monoisotopic (exact) mass is 350 g/mol. The minimum atomic E-state index is -0.318. The van der Waals surface area contributed by atoms with Gasteiger partial charge in [0.25, 0.3) is 0 Å². The van der Waals surface area contributed by atoms with E-state index in [4.69, 9.17) is 16.3 Å². The molecule has 1 aliphatic heterocycles. The number of halogens is 1. The molecule has 8 heteroatoms. The third-order valence-electron chi connectivity index (χ3n) is 3.96. The third kappa shape index (κ3) is 3.62. The van der Waals surface area contributed by atoms with Gasteiger partial charge in [0.1, 0.15) is 5.65 Å². The lowest BCUT2D eigenvalue weighted by Crippen LogP contribution is -2.51. The van der Waals surface area contributed by atoms with E-state index >= 15 is 0 Å². The maximum absolute atomic E-state index is 12.4. The zero-order chi connectivity index (χ0) is 17.1. The molecular formula is C16H19ClN4O3. The minimum absolute atomic E-state index is 0.00742. The van der Waals surface area contributed by atoms with Gasteiger partial charge in [-0.1, -0.05) is 11.6 Å². The molecule has 0 aromatic carbocycles. The van der Waals surface area contributed by atoms with E-state index in [9.17, 15) is 9.59 Å². The van der Waals surface area contributed by atoms with Crippen molar-refractivity contribution >= 4 is 29.2 Å². The zero-order valence-electron chi connectivity index (χ0n) is 13.4. The van der Waals surface area contributed by atoms with Crippen molar-refractivity contribution in [3.63, 3.8) is 0 Å². The fourth-order valence-corrected chi connectivity index (χ4v) is 2.89. The van der Waals surface area contributed by atoms with E-state index in [1.165, 1.54) is 0 Å². The predicted octanol–water partition coefficient (Wildman–Crippen LogP) is 1.83. The molecule has 0 spiro atoms. The van der Waals surface area contributed by atoms with Gasteiger partial charge in [-0.3, -0.25) is 4.79 Å². The SMILES string of the molecule is CCOC(=O)N1CCN(C(=O)Cc2cn3cc(Cl)ccc3n2)CC1. The summed E-state index contributed by atoms with van der Waals surface area (Å²) in [6.07, 6.45) is 3.49. The van der Waals surface area contributed by atoms with Gasteiger partial charge in [-0.2, -0.15) is 0 Å². The van der Waals surface area contributed by atoms with Gasteiger partial charge in [-0.25, -0.2) is 9.78 Å². The number of aromatic nitrogens is 2. The second kappa shape index (κ2) is 7.09. The summed E-state index contributed by atoms with van der Waals surface area (Å²) in [5.74, 6) is 0.00742. The molecule has 7 nitrogen and oxygen atoms in total. The normalized spacial score (nSPS) is 14.9. The summed E-state index contributed by atoms with van der Waals surface area (Å²) in [5, 5.41) is 0.618. The molecule has 2 aromatic rings. The Bertz CT molecular complexity index is 753. The molecule has 0 aliphatic carbocycles. The van der Waals surface area contributed by atoms with Crippen LogP contribution in [0.1, 0.15) is 12.6 Å². The number of hydrogen-bond acceptors (Lipinski definition) is 4. The standard InChI is InChI=1S/C16H19ClN4O3/c1-2-24-16(23)20-7-5-19(6-8-20)15(22)9-13-11-21-10-12(17)3-4-14(21)18-13/h3-4,10-11H,2,5-9H2,1H3. The van der Waals surface area contributed by atoms with Gasteiger partial charge >= 0.3 is 6.09 Å². The summed E-state index contributed by atoms with van der Waals surface area (Å²) >= 11 is 5.95. The highest BCUT2D eigenvalue weighted by atomic mass is 35.5. The van der Waals surface area contributed by atoms with Crippen LogP contribution in [0.2, 0.25) is 5.02 Å². The molecule has 0 N–H and O–H groups in total. The molecule has 1 aliphatic rings. The molecule has 2 aromatic heterocycles. The number of piperazine rings is 1. The topological polar surface area (TPSA) is 67.2 Å². The Morgan fingerprint density at radius 1 is 1.17 bits per heavy atom. The lowest BCUT2D eigenvalue weighted by atomic mass is 10.2. The first kappa shape index (κ1) is 16.6. The molecule has 0 atom stereocenters. The first-order valence-corrected chi connectivity index (χ1v) is 8.27. The van der Waals surface area contributed by atoms with E-state index < -0.39 is 0 Å². The van der Waals surface area contributed by atoms with Crippen LogP contribution < -0.4 is 0 Å². The molecule has 1 saturated heterocycles. The second-order valence-corrected chi connectivity index (χ2v) is 6.02. The number of carbonyl (C=O) groups excluding carboxylic acids is 2. The largest absolute Gasteiger partial charge is 0.450 e. The van der Waals surface area contributed by atoms with Gasteiger partial charge in [0, 0.05) is 38.6 Å². The molecule has 3 heterocycles. The molecule has 2 amide bonds. The van der Waals surface area contributed by atoms with Crippen LogP contribution in [0.5, 0.6) is 0 Å². The average molecular weight is 351 g/mol. The third-order valence-corrected chi connectivity index (χ3v) is 4.18. The van der Waals surface area contributed by atoms with Crippen molar-refractivity contribution in [3.8, 4) is 0 Å². The smallest absolute Gasteiger partial charge is 0.409 e. The summed E-state index contributed by atoms with van der Waals surface area (Å²) in [4.78, 5) is 31.9. The van der Waals surface area contributed by atoms with Crippen molar-refractivity contribution in [2.24, 2.45) is 0 Å². The number of pyridine rings is 1. The lowest BCUT2D eigenvalue weighted by molar-refractivity contribution is -0.132. The highest BCUT2D eigenvalue weighted by molar-refractivity contribution is 6.30. The number of rotatable bonds is 3. The number of carbonyl (C=O) groups is 2. The van der Waals surface area contributed by atoms with Crippen molar-refractivity contribution in [1.29, 1.82) is 0 Å². The Morgan fingerprint density at radius 2 is 1.88 bits per heavy atom. The van der Waals surface area contributed by atoms with Crippen LogP contribution in [0.4, 0.5) is 4.79 Å². The Morgan fingerprint density at radius 3 is 2.58 bits per heavy atom. The van der Waals surface area contributed by atoms with Crippen molar-refractivity contribution in [2.75, 3.05) is 32.8 Å². The molecular weight excluding hydrogens is 332 g/mol. The number of hydrogen-bond donors (Lipinski definition) is 0. The van der Waals surface area contributed by atoms with Gasteiger partial charge < -0.3 is 18.9 Å². The van der Waals surface area contributed by atoms with E-state index in [0.29, 0.717) is 43.5 Å². The van der Waals surface area contributed by atoms with Crippen LogP contribution in [0.15, 0.2) is 24.5 Å². The Hall–Kier alpha value is -2.28. The number of fused-ring (bicyclic) bond motifs is 1. The maximum atomic E-state index is 12.4. The summed E-state index contributed by atoms with van der Waals surface area (Å²) in [5.41, 5.74) is 1.46. The predicted molar refractivity (Wildman–Crippen MR) is 89.1 cm³/mol. The van der Waals surface area contributed by atoms with Gasteiger partial charge in [0.2, 0.25) is 5.91 Å². The summed E-state index contributed by atoms with van der Waals surface area (Å²) in [6.45, 7) is 4.14. The summed E-state index contributed by atoms with van der Waals surface area (Å²) in [7, 11) is 0. The molecule has 0 bridgehead atoms. The van der Waals surface area contributed by atoms with Crippen LogP contribution >= 0.6 is 11.6 Å². The summed E-state index contributed by atoms with van der Waals surface area (Å²) < 4.78 is 6.79. The van der Waals surface area contributed by atoms with Gasteiger partial charge in [0.05, 0.1) is 23.7 Å². The Labute approximate surface area is 144 Å². The van der Waals surface area contributed by atoms with Crippen molar-refractivity contribution < 1.29 is 14.3 Å². The fourth-order valence-electron chi connectivity index (χ4n) is 2.72. The van der Waals surface area contributed by atoms with Crippen LogP contribution in [-0.2, 0) is 16.0 Å². The first-order chi connectivity index (χ1) is 11.6. The van der Waals surface area contributed by atoms with Crippen molar-refractivity contribution in [1.82, 2.24) is 19.2 Å². The van der Waals surface area contributed by atoms with Crippen LogP contribution in [0, 0.1) is 0 Å². The van der Waals surface area contributed by atoms with E-state index in [1.54, 1.807) is 29.0 Å². The molecule has 1 fully saturated rings. The minimum Gasteiger partial charge on any atom is -0.450 e. The molecule has 0 radical (unpaired) electrons. The van der Waals surface area contributed by atoms with E-state index in [1.807, 2.05) is 16.7 Å². The molecule has 0 unspecified atom stereocenters.